The van der Waals surface area contributed by atoms with Crippen molar-refractivity contribution in [2.24, 2.45) is 11.8 Å². The monoisotopic (exact) mass is 302 g/mol. The molecule has 3 nitrogen and oxygen atoms in total. The predicted octanol–water partition coefficient (Wildman–Crippen LogP) is 3.76. The highest BCUT2D eigenvalue weighted by atomic mass is 32.1. The van der Waals surface area contributed by atoms with Gasteiger partial charge in [-0.2, -0.15) is 0 Å². The average Bonchev–Trinajstić information content (AvgIpc) is 2.90. The van der Waals surface area contributed by atoms with Crippen molar-refractivity contribution in [3.63, 3.8) is 0 Å². The van der Waals surface area contributed by atoms with Crippen molar-refractivity contribution in [1.82, 2.24) is 5.43 Å². The molecule has 4 rings (SSSR count). The third-order valence-corrected chi connectivity index (χ3v) is 6.40. The van der Waals surface area contributed by atoms with Crippen LogP contribution in [0, 0.1) is 5.92 Å². The summed E-state index contributed by atoms with van der Waals surface area (Å²) in [5, 5.41) is 1.32. The SMILES string of the molecule is NNC(c1cc2ccccc2s1)C1CCOC2(CCC2)C1. The molecule has 112 valence electrons. The molecule has 2 aliphatic rings. The second kappa shape index (κ2) is 5.36. The second-order valence-corrected chi connectivity index (χ2v) is 7.58. The zero-order valence-electron chi connectivity index (χ0n) is 12.2. The Bertz CT molecular complexity index is 602. The number of nitrogens with one attached hydrogen (secondary N) is 1. The average molecular weight is 302 g/mol. The highest BCUT2D eigenvalue weighted by Crippen LogP contribution is 2.48. The van der Waals surface area contributed by atoms with Crippen molar-refractivity contribution in [3.05, 3.63) is 35.2 Å². The van der Waals surface area contributed by atoms with Gasteiger partial charge in [0.2, 0.25) is 0 Å². The first-order valence-corrected chi connectivity index (χ1v) is 8.70. The molecule has 2 unspecified atom stereocenters. The summed E-state index contributed by atoms with van der Waals surface area (Å²) in [4.78, 5) is 1.36. The summed E-state index contributed by atoms with van der Waals surface area (Å²) in [6.45, 7) is 0.883. The molecule has 1 spiro atoms. The summed E-state index contributed by atoms with van der Waals surface area (Å²) in [6, 6.07) is 11.1. The van der Waals surface area contributed by atoms with Crippen LogP contribution in [0.4, 0.5) is 0 Å². The van der Waals surface area contributed by atoms with Crippen molar-refractivity contribution >= 4 is 21.4 Å². The highest BCUT2D eigenvalue weighted by Gasteiger charge is 2.44. The number of thiophene rings is 1. The fourth-order valence-electron chi connectivity index (χ4n) is 3.88. The Morgan fingerprint density at radius 3 is 2.90 bits per heavy atom. The molecule has 21 heavy (non-hydrogen) atoms. The van der Waals surface area contributed by atoms with Crippen LogP contribution in [0.5, 0.6) is 0 Å². The molecule has 1 saturated heterocycles. The van der Waals surface area contributed by atoms with Gasteiger partial charge < -0.3 is 4.74 Å². The second-order valence-electron chi connectivity index (χ2n) is 6.47. The number of hydrogen-bond donors (Lipinski definition) is 2. The van der Waals surface area contributed by atoms with Crippen LogP contribution in [0.15, 0.2) is 30.3 Å². The molecular formula is C17H22N2OS. The predicted molar refractivity (Wildman–Crippen MR) is 87.1 cm³/mol. The summed E-state index contributed by atoms with van der Waals surface area (Å²) in [7, 11) is 0. The van der Waals surface area contributed by atoms with E-state index in [0.29, 0.717) is 5.92 Å². The van der Waals surface area contributed by atoms with Crippen LogP contribution in [0.2, 0.25) is 0 Å². The molecule has 2 heterocycles. The number of ether oxygens (including phenoxy) is 1. The number of hydrogen-bond acceptors (Lipinski definition) is 4. The first kappa shape index (κ1) is 13.7. The van der Waals surface area contributed by atoms with Crippen molar-refractivity contribution in [2.75, 3.05) is 6.61 Å². The molecule has 1 saturated carbocycles. The maximum atomic E-state index is 6.06. The lowest BCUT2D eigenvalue weighted by atomic mass is 9.70. The molecule has 1 aliphatic heterocycles. The summed E-state index contributed by atoms with van der Waals surface area (Å²) < 4.78 is 7.40. The molecule has 1 aromatic heterocycles. The molecule has 2 fully saturated rings. The smallest absolute Gasteiger partial charge is 0.0686 e. The summed E-state index contributed by atoms with van der Waals surface area (Å²) in [6.07, 6.45) is 6.03. The number of fused-ring (bicyclic) bond motifs is 1. The van der Waals surface area contributed by atoms with E-state index < -0.39 is 0 Å². The molecule has 2 atom stereocenters. The van der Waals surface area contributed by atoms with Crippen LogP contribution in [-0.4, -0.2) is 12.2 Å². The largest absolute Gasteiger partial charge is 0.375 e. The topological polar surface area (TPSA) is 47.3 Å². The third kappa shape index (κ3) is 2.40. The number of nitrogens with two attached hydrogens (primary N) is 1. The van der Waals surface area contributed by atoms with Crippen molar-refractivity contribution in [3.8, 4) is 0 Å². The van der Waals surface area contributed by atoms with Gasteiger partial charge in [-0.15, -0.1) is 11.3 Å². The van der Waals surface area contributed by atoms with Crippen LogP contribution in [0.25, 0.3) is 10.1 Å². The normalized spacial score (nSPS) is 25.9. The van der Waals surface area contributed by atoms with E-state index >= 15 is 0 Å². The Hall–Kier alpha value is -0.940. The molecular weight excluding hydrogens is 280 g/mol. The molecule has 3 N–H and O–H groups in total. The summed E-state index contributed by atoms with van der Waals surface area (Å²) >= 11 is 1.87. The lowest BCUT2D eigenvalue weighted by Gasteiger charge is -2.48. The minimum Gasteiger partial charge on any atom is -0.375 e. The van der Waals surface area contributed by atoms with Gasteiger partial charge in [-0.1, -0.05) is 18.2 Å². The number of benzene rings is 1. The molecule has 1 aliphatic carbocycles. The Kier molecular flexibility index (Phi) is 3.50. The van der Waals surface area contributed by atoms with Gasteiger partial charge in [0.1, 0.15) is 0 Å². The third-order valence-electron chi connectivity index (χ3n) is 5.20. The molecule has 0 amide bonds. The summed E-state index contributed by atoms with van der Waals surface area (Å²) in [5.41, 5.74) is 3.27. The van der Waals surface area contributed by atoms with Crippen molar-refractivity contribution in [2.45, 2.75) is 43.7 Å². The van der Waals surface area contributed by atoms with E-state index in [4.69, 9.17) is 10.6 Å². The zero-order valence-corrected chi connectivity index (χ0v) is 13.0. The first-order valence-electron chi connectivity index (χ1n) is 7.88. The van der Waals surface area contributed by atoms with E-state index in [9.17, 15) is 0 Å². The highest BCUT2D eigenvalue weighted by molar-refractivity contribution is 7.19. The van der Waals surface area contributed by atoms with Crippen molar-refractivity contribution in [1.29, 1.82) is 0 Å². The lowest BCUT2D eigenvalue weighted by Crippen LogP contribution is -2.48. The first-order chi connectivity index (χ1) is 10.3. The molecule has 4 heteroatoms. The van der Waals surface area contributed by atoms with Gasteiger partial charge in [0.15, 0.2) is 0 Å². The van der Waals surface area contributed by atoms with E-state index in [-0.39, 0.29) is 11.6 Å². The summed E-state index contributed by atoms with van der Waals surface area (Å²) in [5.74, 6) is 6.50. The number of rotatable bonds is 3. The number of hydrazine groups is 1. The quantitative estimate of drug-likeness (QED) is 0.670. The van der Waals surface area contributed by atoms with Gasteiger partial charge in [-0.25, -0.2) is 0 Å². The lowest BCUT2D eigenvalue weighted by molar-refractivity contribution is -0.147. The maximum Gasteiger partial charge on any atom is 0.0686 e. The van der Waals surface area contributed by atoms with Crippen LogP contribution in [-0.2, 0) is 4.74 Å². The van der Waals surface area contributed by atoms with Gasteiger partial charge in [0.05, 0.1) is 11.6 Å². The van der Waals surface area contributed by atoms with Gasteiger partial charge in [0.25, 0.3) is 0 Å². The minimum atomic E-state index is 0.175. The minimum absolute atomic E-state index is 0.175. The van der Waals surface area contributed by atoms with E-state index in [1.165, 1.54) is 34.2 Å². The van der Waals surface area contributed by atoms with Crippen LogP contribution < -0.4 is 11.3 Å². The standard InChI is InChI=1S/C17H22N2OS/c18-19-16(13-6-9-20-17(11-13)7-3-8-17)15-10-12-4-1-2-5-14(12)21-15/h1-2,4-5,10,13,16,19H,3,6-9,11,18H2. The van der Waals surface area contributed by atoms with Gasteiger partial charge >= 0.3 is 0 Å². The maximum absolute atomic E-state index is 6.06. The zero-order chi connectivity index (χ0) is 14.3. The van der Waals surface area contributed by atoms with E-state index in [1.807, 2.05) is 11.3 Å². The van der Waals surface area contributed by atoms with Crippen LogP contribution >= 0.6 is 11.3 Å². The van der Waals surface area contributed by atoms with Gasteiger partial charge in [0, 0.05) is 16.2 Å². The Morgan fingerprint density at radius 1 is 1.33 bits per heavy atom. The molecule has 0 bridgehead atoms. The van der Waals surface area contributed by atoms with Crippen LogP contribution in [0.3, 0.4) is 0 Å². The van der Waals surface area contributed by atoms with E-state index in [0.717, 1.165) is 19.4 Å². The molecule has 1 aromatic carbocycles. The molecule has 2 aromatic rings. The van der Waals surface area contributed by atoms with E-state index in [1.54, 1.807) is 0 Å². The van der Waals surface area contributed by atoms with E-state index in [2.05, 4.69) is 35.8 Å². The van der Waals surface area contributed by atoms with Crippen molar-refractivity contribution < 1.29 is 4.74 Å². The Balaban J connectivity index is 1.61. The fraction of sp³-hybridized carbons (Fsp3) is 0.529. The van der Waals surface area contributed by atoms with Crippen LogP contribution in [0.1, 0.15) is 43.0 Å². The Labute approximate surface area is 129 Å². The molecule has 0 radical (unpaired) electrons. The fourth-order valence-corrected chi connectivity index (χ4v) is 5.09. The van der Waals surface area contributed by atoms with Gasteiger partial charge in [-0.05, 0) is 55.5 Å². The van der Waals surface area contributed by atoms with Gasteiger partial charge in [-0.3, -0.25) is 11.3 Å². The Morgan fingerprint density at radius 2 is 2.19 bits per heavy atom.